The maximum atomic E-state index is 12.4. The maximum absolute atomic E-state index is 12.4. The first-order valence-corrected chi connectivity index (χ1v) is 14.7. The minimum absolute atomic E-state index is 0.0815. The van der Waals surface area contributed by atoms with Crippen molar-refractivity contribution in [2.75, 3.05) is 6.54 Å². The lowest BCUT2D eigenvalue weighted by Gasteiger charge is -2.62. The number of nitrogens with one attached hydrogen (secondary N) is 2. The number of hydroxylamine groups is 1. The fourth-order valence-corrected chi connectivity index (χ4v) is 9.52. The predicted octanol–water partition coefficient (Wildman–Crippen LogP) is 4.19. The Morgan fingerprint density at radius 3 is 2.39 bits per heavy atom. The van der Waals surface area contributed by atoms with Crippen molar-refractivity contribution >= 4 is 11.8 Å². The Kier molecular flexibility index (Phi) is 8.73. The summed E-state index contributed by atoms with van der Waals surface area (Å²) >= 11 is 0. The van der Waals surface area contributed by atoms with Gasteiger partial charge in [0.1, 0.15) is 0 Å². The van der Waals surface area contributed by atoms with Gasteiger partial charge in [0.2, 0.25) is 11.8 Å². The molecule has 0 aromatic heterocycles. The van der Waals surface area contributed by atoms with Crippen LogP contribution in [-0.4, -0.2) is 46.0 Å². The lowest BCUT2D eigenvalue weighted by atomic mass is 9.43. The van der Waals surface area contributed by atoms with Gasteiger partial charge in [-0.3, -0.25) is 14.8 Å². The summed E-state index contributed by atoms with van der Waals surface area (Å²) < 4.78 is 0. The summed E-state index contributed by atoms with van der Waals surface area (Å²) in [5.41, 5.74) is 2.13. The van der Waals surface area contributed by atoms with Crippen molar-refractivity contribution in [1.82, 2.24) is 10.8 Å². The van der Waals surface area contributed by atoms with Gasteiger partial charge in [-0.2, -0.15) is 0 Å². The third kappa shape index (κ3) is 5.35. The van der Waals surface area contributed by atoms with Crippen LogP contribution in [0, 0.1) is 46.3 Å². The van der Waals surface area contributed by atoms with E-state index in [0.717, 1.165) is 38.5 Å². The fourth-order valence-electron chi connectivity index (χ4n) is 9.52. The Morgan fingerprint density at radius 1 is 0.917 bits per heavy atom. The van der Waals surface area contributed by atoms with Crippen LogP contribution in [0.3, 0.4) is 0 Å². The van der Waals surface area contributed by atoms with Gasteiger partial charge in [-0.05, 0) is 117 Å². The van der Waals surface area contributed by atoms with Gasteiger partial charge in [-0.15, -0.1) is 0 Å². The molecule has 7 heteroatoms. The second kappa shape index (κ2) is 11.3. The van der Waals surface area contributed by atoms with Gasteiger partial charge in [0.15, 0.2) is 0 Å². The van der Waals surface area contributed by atoms with Crippen LogP contribution in [0.25, 0.3) is 0 Å². The number of fused-ring (bicyclic) bond motifs is 5. The molecule has 0 spiro atoms. The number of aliphatic hydroxyl groups excluding tert-OH is 2. The molecule has 0 aromatic rings. The van der Waals surface area contributed by atoms with E-state index in [1.165, 1.54) is 25.7 Å². The first-order valence-electron chi connectivity index (χ1n) is 14.7. The van der Waals surface area contributed by atoms with E-state index >= 15 is 0 Å². The second-order valence-corrected chi connectivity index (χ2v) is 13.3. The maximum Gasteiger partial charge on any atom is 0.243 e. The summed E-state index contributed by atoms with van der Waals surface area (Å²) in [5.74, 6) is 2.73. The zero-order valence-electron chi connectivity index (χ0n) is 22.7. The third-order valence-electron chi connectivity index (χ3n) is 11.5. The third-order valence-corrected chi connectivity index (χ3v) is 11.5. The van der Waals surface area contributed by atoms with Crippen molar-refractivity contribution in [3.63, 3.8) is 0 Å². The van der Waals surface area contributed by atoms with E-state index in [4.69, 9.17) is 5.21 Å². The average molecular weight is 507 g/mol. The van der Waals surface area contributed by atoms with Crippen LogP contribution in [0.4, 0.5) is 0 Å². The van der Waals surface area contributed by atoms with Gasteiger partial charge in [0.05, 0.1) is 12.2 Å². The molecule has 2 amide bonds. The molecule has 7 nitrogen and oxygen atoms in total. The first-order chi connectivity index (χ1) is 17.1. The van der Waals surface area contributed by atoms with Gasteiger partial charge in [-0.1, -0.05) is 20.8 Å². The van der Waals surface area contributed by atoms with Gasteiger partial charge < -0.3 is 15.5 Å². The molecule has 4 fully saturated rings. The number of carbonyl (C=O) groups excluding carboxylic acids is 2. The summed E-state index contributed by atoms with van der Waals surface area (Å²) in [6.45, 7) is 7.83. The Labute approximate surface area is 217 Å². The zero-order valence-corrected chi connectivity index (χ0v) is 22.7. The minimum Gasteiger partial charge on any atom is -0.393 e. The quantitative estimate of drug-likeness (QED) is 0.183. The van der Waals surface area contributed by atoms with E-state index in [1.54, 1.807) is 5.48 Å². The predicted molar refractivity (Wildman–Crippen MR) is 138 cm³/mol. The lowest BCUT2D eigenvalue weighted by Crippen LogP contribution is -2.58. The largest absolute Gasteiger partial charge is 0.393 e. The number of carbonyl (C=O) groups is 2. The van der Waals surface area contributed by atoms with Crippen molar-refractivity contribution in [1.29, 1.82) is 0 Å². The number of amides is 2. The van der Waals surface area contributed by atoms with Crippen molar-refractivity contribution < 1.29 is 25.0 Å². The number of aliphatic hydroxyl groups is 2. The van der Waals surface area contributed by atoms with Gasteiger partial charge >= 0.3 is 0 Å². The normalized spacial score (nSPS) is 42.6. The molecule has 0 aromatic carbocycles. The molecule has 5 N–H and O–H groups in total. The molecule has 10 atom stereocenters. The number of unbranched alkanes of at least 4 members (excludes halogenated alkanes) is 1. The Hall–Kier alpha value is -1.18. The number of hydrogen-bond acceptors (Lipinski definition) is 5. The smallest absolute Gasteiger partial charge is 0.243 e. The van der Waals surface area contributed by atoms with E-state index in [-0.39, 0.29) is 41.3 Å². The molecule has 4 aliphatic rings. The molecule has 0 heterocycles. The minimum atomic E-state index is -0.389. The molecule has 0 saturated heterocycles. The molecule has 4 aliphatic carbocycles. The Morgan fingerprint density at radius 2 is 1.64 bits per heavy atom. The van der Waals surface area contributed by atoms with Crippen LogP contribution >= 0.6 is 0 Å². The highest BCUT2D eigenvalue weighted by Crippen LogP contribution is 2.68. The fraction of sp³-hybridized carbons (Fsp3) is 0.931. The van der Waals surface area contributed by atoms with Crippen LogP contribution in [-0.2, 0) is 9.59 Å². The standard InChI is InChI=1S/C29H50N2O5/c1-18(7-10-25(34)30-15-5-4-6-26(35)31-36)21-8-9-22-27-23(12-14-29(21,22)3)28(2)13-11-20(32)16-19(28)17-24(27)33/h18-24,27,32-33,36H,4-17H2,1-3H3,(H,30,34)(H,31,35)/t18-,19+,20-,21?,22+,23?,24+,27+,28+,29-/m1/s1. The molecule has 0 radical (unpaired) electrons. The van der Waals surface area contributed by atoms with E-state index < -0.39 is 0 Å². The van der Waals surface area contributed by atoms with Gasteiger partial charge in [0.25, 0.3) is 0 Å². The highest BCUT2D eigenvalue weighted by atomic mass is 16.5. The molecule has 4 rings (SSSR count). The topological polar surface area (TPSA) is 119 Å². The summed E-state index contributed by atoms with van der Waals surface area (Å²) in [6.07, 6.45) is 11.1. The average Bonchev–Trinajstić information content (AvgIpc) is 3.20. The number of rotatable bonds is 9. The molecular weight excluding hydrogens is 456 g/mol. The molecular formula is C29H50N2O5. The highest BCUT2D eigenvalue weighted by molar-refractivity contribution is 5.76. The lowest BCUT2D eigenvalue weighted by molar-refractivity contribution is -0.174. The van der Waals surface area contributed by atoms with E-state index in [0.29, 0.717) is 54.9 Å². The molecule has 0 bridgehead atoms. The van der Waals surface area contributed by atoms with Crippen LogP contribution in [0.5, 0.6) is 0 Å². The van der Waals surface area contributed by atoms with Crippen LogP contribution < -0.4 is 10.8 Å². The first kappa shape index (κ1) is 27.8. The highest BCUT2D eigenvalue weighted by Gasteiger charge is 2.62. The van der Waals surface area contributed by atoms with Gasteiger partial charge in [-0.25, -0.2) is 5.48 Å². The Balaban J connectivity index is 1.30. The van der Waals surface area contributed by atoms with Crippen LogP contribution in [0.15, 0.2) is 0 Å². The molecule has 36 heavy (non-hydrogen) atoms. The van der Waals surface area contributed by atoms with E-state index in [1.807, 2.05) is 0 Å². The zero-order chi connectivity index (χ0) is 26.1. The molecule has 206 valence electrons. The summed E-state index contributed by atoms with van der Waals surface area (Å²) in [5, 5.41) is 33.2. The Bertz CT molecular complexity index is 792. The summed E-state index contributed by atoms with van der Waals surface area (Å²) in [7, 11) is 0. The van der Waals surface area contributed by atoms with Crippen LogP contribution in [0.2, 0.25) is 0 Å². The van der Waals surface area contributed by atoms with Crippen molar-refractivity contribution in [3.05, 3.63) is 0 Å². The summed E-state index contributed by atoms with van der Waals surface area (Å²) in [6, 6.07) is 0. The van der Waals surface area contributed by atoms with Crippen LogP contribution in [0.1, 0.15) is 104 Å². The van der Waals surface area contributed by atoms with Gasteiger partial charge in [0, 0.05) is 19.4 Å². The molecule has 2 unspecified atom stereocenters. The summed E-state index contributed by atoms with van der Waals surface area (Å²) in [4.78, 5) is 23.5. The second-order valence-electron chi connectivity index (χ2n) is 13.3. The molecule has 4 saturated carbocycles. The van der Waals surface area contributed by atoms with Crippen molar-refractivity contribution in [3.8, 4) is 0 Å². The van der Waals surface area contributed by atoms with E-state index in [9.17, 15) is 19.8 Å². The number of hydrogen-bond donors (Lipinski definition) is 5. The van der Waals surface area contributed by atoms with E-state index in [2.05, 4.69) is 26.1 Å². The SMILES string of the molecule is C[C@H](CCC(=O)NCCCCC(=O)NO)C1CC[C@H]2[C@H]3C(CC[C@]12C)[C@@]1(C)CC[C@@H](O)C[C@H]1C[C@@H]3O. The monoisotopic (exact) mass is 506 g/mol. The van der Waals surface area contributed by atoms with Crippen molar-refractivity contribution in [2.24, 2.45) is 46.3 Å². The molecule has 0 aliphatic heterocycles. The van der Waals surface area contributed by atoms with Crippen molar-refractivity contribution in [2.45, 2.75) is 116 Å².